The molecule has 1 fully saturated rings. The van der Waals surface area contributed by atoms with Crippen LogP contribution in [0.4, 0.5) is 0 Å². The maximum Gasteiger partial charge on any atom is 0.228 e. The molecule has 6 nitrogen and oxygen atoms in total. The Bertz CT molecular complexity index is 1050. The highest BCUT2D eigenvalue weighted by Gasteiger charge is 2.27. The Morgan fingerprint density at radius 2 is 2.07 bits per heavy atom. The predicted molar refractivity (Wildman–Crippen MR) is 115 cm³/mol. The van der Waals surface area contributed by atoms with Crippen LogP contribution in [-0.4, -0.2) is 39.2 Å². The molecule has 2 aromatic heterocycles. The fourth-order valence-electron chi connectivity index (χ4n) is 4.05. The Balaban J connectivity index is 1.49. The number of amides is 1. The normalized spacial score (nSPS) is 16.6. The van der Waals surface area contributed by atoms with Crippen LogP contribution >= 0.6 is 11.6 Å². The van der Waals surface area contributed by atoms with E-state index in [-0.39, 0.29) is 18.2 Å². The molecule has 4 rings (SSSR count). The lowest BCUT2D eigenvalue weighted by Crippen LogP contribution is -2.40. The molecule has 0 N–H and O–H groups in total. The van der Waals surface area contributed by atoms with E-state index in [1.807, 2.05) is 30.0 Å². The molecule has 30 heavy (non-hydrogen) atoms. The first-order chi connectivity index (χ1) is 14.5. The zero-order valence-electron chi connectivity index (χ0n) is 17.3. The van der Waals surface area contributed by atoms with Crippen molar-refractivity contribution in [1.82, 2.24) is 20.2 Å². The fourth-order valence-corrected chi connectivity index (χ4v) is 4.25. The van der Waals surface area contributed by atoms with E-state index in [0.29, 0.717) is 17.9 Å². The van der Waals surface area contributed by atoms with Crippen molar-refractivity contribution in [2.45, 2.75) is 45.4 Å². The lowest BCUT2D eigenvalue weighted by molar-refractivity contribution is -0.131. The molecule has 3 heterocycles. The molecular formula is C23H25ClN4O2. The van der Waals surface area contributed by atoms with Crippen LogP contribution in [0, 0.1) is 13.8 Å². The van der Waals surface area contributed by atoms with Crippen LogP contribution in [0.1, 0.15) is 52.7 Å². The smallest absolute Gasteiger partial charge is 0.228 e. The summed E-state index contributed by atoms with van der Waals surface area (Å²) in [5, 5.41) is 8.38. The molecule has 1 amide bonds. The van der Waals surface area contributed by atoms with Crippen LogP contribution in [0.15, 0.2) is 41.0 Å². The second-order valence-corrected chi connectivity index (χ2v) is 8.37. The first-order valence-corrected chi connectivity index (χ1v) is 10.6. The molecule has 0 aliphatic carbocycles. The molecule has 1 aliphatic rings. The van der Waals surface area contributed by atoms with Crippen molar-refractivity contribution < 1.29 is 9.42 Å². The van der Waals surface area contributed by atoms with Gasteiger partial charge in [0.05, 0.1) is 6.42 Å². The third-order valence-corrected chi connectivity index (χ3v) is 6.01. The zero-order chi connectivity index (χ0) is 21.1. The molecule has 1 atom stereocenters. The van der Waals surface area contributed by atoms with E-state index >= 15 is 0 Å². The van der Waals surface area contributed by atoms with Gasteiger partial charge in [-0.2, -0.15) is 0 Å². The van der Waals surface area contributed by atoms with Gasteiger partial charge < -0.3 is 4.90 Å². The number of pyridine rings is 1. The molecule has 1 aliphatic heterocycles. The summed E-state index contributed by atoms with van der Waals surface area (Å²) >= 11 is 6.35. The number of benzene rings is 1. The number of carbonyl (C=O) groups excluding carboxylic acids is 1. The molecule has 0 unspecified atom stereocenters. The van der Waals surface area contributed by atoms with E-state index in [1.54, 1.807) is 6.92 Å². The van der Waals surface area contributed by atoms with Gasteiger partial charge in [0.2, 0.25) is 5.91 Å². The van der Waals surface area contributed by atoms with Gasteiger partial charge in [-0.05, 0) is 62.4 Å². The first-order valence-electron chi connectivity index (χ1n) is 10.3. The second-order valence-electron chi connectivity index (χ2n) is 7.96. The number of aromatic nitrogens is 3. The highest BCUT2D eigenvalue weighted by Crippen LogP contribution is 2.28. The summed E-state index contributed by atoms with van der Waals surface area (Å²) < 4.78 is 4.72. The first kappa shape index (κ1) is 20.5. The van der Waals surface area contributed by atoms with Gasteiger partial charge in [0, 0.05) is 35.4 Å². The Hall–Kier alpha value is -2.73. The molecule has 1 saturated heterocycles. The third kappa shape index (κ3) is 4.70. The largest absolute Gasteiger partial charge is 0.342 e. The van der Waals surface area contributed by atoms with Gasteiger partial charge in [0.25, 0.3) is 0 Å². The van der Waals surface area contributed by atoms with Gasteiger partial charge >= 0.3 is 0 Å². The molecule has 0 bridgehead atoms. The monoisotopic (exact) mass is 424 g/mol. The van der Waals surface area contributed by atoms with Crippen LogP contribution in [-0.2, 0) is 17.6 Å². The molecule has 0 saturated carbocycles. The number of hydrogen-bond acceptors (Lipinski definition) is 5. The summed E-state index contributed by atoms with van der Waals surface area (Å²) in [7, 11) is 0. The van der Waals surface area contributed by atoms with E-state index < -0.39 is 0 Å². The number of piperidine rings is 1. The van der Waals surface area contributed by atoms with E-state index in [4.69, 9.17) is 21.2 Å². The van der Waals surface area contributed by atoms with Gasteiger partial charge in [0.15, 0.2) is 0 Å². The van der Waals surface area contributed by atoms with Crippen LogP contribution in [0.25, 0.3) is 0 Å². The van der Waals surface area contributed by atoms with Crippen LogP contribution in [0.5, 0.6) is 0 Å². The molecule has 0 radical (unpaired) electrons. The van der Waals surface area contributed by atoms with Gasteiger partial charge in [0.1, 0.15) is 11.4 Å². The van der Waals surface area contributed by atoms with Crippen molar-refractivity contribution in [3.05, 3.63) is 75.3 Å². The van der Waals surface area contributed by atoms with Gasteiger partial charge in [-0.15, -0.1) is 0 Å². The predicted octanol–water partition coefficient (Wildman–Crippen LogP) is 4.27. The fraction of sp³-hybridized carbons (Fsp3) is 0.391. The number of likely N-dealkylation sites (tertiary alicyclic amines) is 1. The zero-order valence-corrected chi connectivity index (χ0v) is 18.0. The minimum Gasteiger partial charge on any atom is -0.342 e. The van der Waals surface area contributed by atoms with E-state index in [0.717, 1.165) is 47.8 Å². The summed E-state index contributed by atoms with van der Waals surface area (Å²) in [5.41, 5.74) is 5.61. The topological polar surface area (TPSA) is 72.1 Å². The lowest BCUT2D eigenvalue weighted by atomic mass is 9.92. The molecule has 7 heteroatoms. The standard InChI is InChI=1S/C23H25ClN4O2/c1-15-10-17(11-18-6-3-4-8-20(18)24)12-22(25-15)19-7-5-9-28(14-19)23(29)13-21-16(2)26-30-27-21/h3-4,6,8,10,12,19H,5,7,9,11,13-14H2,1-2H3/t19-/m1/s1. The summed E-state index contributed by atoms with van der Waals surface area (Å²) in [6.07, 6.45) is 2.98. The number of halogens is 1. The number of nitrogens with zero attached hydrogens (tertiary/aromatic N) is 4. The molecular weight excluding hydrogens is 400 g/mol. The SMILES string of the molecule is Cc1cc(Cc2ccccc2Cl)cc([C@@H]2CCCN(C(=O)Cc3nonc3C)C2)n1. The van der Waals surface area contributed by atoms with Crippen LogP contribution < -0.4 is 0 Å². The Labute approximate surface area is 181 Å². The molecule has 0 spiro atoms. The average molecular weight is 425 g/mol. The van der Waals surface area contributed by atoms with Crippen molar-refractivity contribution in [3.63, 3.8) is 0 Å². The average Bonchev–Trinajstić information content (AvgIpc) is 3.14. The van der Waals surface area contributed by atoms with Gasteiger partial charge in [-0.1, -0.05) is 40.1 Å². The second kappa shape index (κ2) is 8.96. The minimum atomic E-state index is 0.0578. The maximum atomic E-state index is 12.8. The van der Waals surface area contributed by atoms with Crippen LogP contribution in [0.2, 0.25) is 5.02 Å². The third-order valence-electron chi connectivity index (χ3n) is 5.64. The van der Waals surface area contributed by atoms with E-state index in [1.165, 1.54) is 5.56 Å². The summed E-state index contributed by atoms with van der Waals surface area (Å²) in [6, 6.07) is 12.2. The number of carbonyl (C=O) groups is 1. The van der Waals surface area contributed by atoms with E-state index in [9.17, 15) is 4.79 Å². The van der Waals surface area contributed by atoms with Crippen molar-refractivity contribution in [2.75, 3.05) is 13.1 Å². The quantitative estimate of drug-likeness (QED) is 0.611. The summed E-state index contributed by atoms with van der Waals surface area (Å²) in [6.45, 7) is 5.25. The minimum absolute atomic E-state index is 0.0578. The maximum absolute atomic E-state index is 12.8. The number of hydrogen-bond donors (Lipinski definition) is 0. The molecule has 1 aromatic carbocycles. The summed E-state index contributed by atoms with van der Waals surface area (Å²) in [4.78, 5) is 19.5. The Kier molecular flexibility index (Phi) is 6.13. The van der Waals surface area contributed by atoms with Crippen molar-refractivity contribution in [3.8, 4) is 0 Å². The van der Waals surface area contributed by atoms with Crippen molar-refractivity contribution in [1.29, 1.82) is 0 Å². The number of aryl methyl sites for hydroxylation is 2. The van der Waals surface area contributed by atoms with Gasteiger partial charge in [-0.25, -0.2) is 4.63 Å². The molecule has 156 valence electrons. The highest BCUT2D eigenvalue weighted by atomic mass is 35.5. The van der Waals surface area contributed by atoms with E-state index in [2.05, 4.69) is 28.5 Å². The highest BCUT2D eigenvalue weighted by molar-refractivity contribution is 6.31. The number of rotatable bonds is 5. The Morgan fingerprint density at radius 1 is 1.23 bits per heavy atom. The summed E-state index contributed by atoms with van der Waals surface area (Å²) in [5.74, 6) is 0.284. The van der Waals surface area contributed by atoms with Crippen molar-refractivity contribution >= 4 is 17.5 Å². The van der Waals surface area contributed by atoms with Crippen LogP contribution in [0.3, 0.4) is 0 Å². The van der Waals surface area contributed by atoms with Crippen molar-refractivity contribution in [2.24, 2.45) is 0 Å². The Morgan fingerprint density at radius 3 is 2.83 bits per heavy atom. The molecule has 3 aromatic rings. The van der Waals surface area contributed by atoms with Gasteiger partial charge in [-0.3, -0.25) is 9.78 Å². The lowest BCUT2D eigenvalue weighted by Gasteiger charge is -2.32.